The van der Waals surface area contributed by atoms with Crippen LogP contribution in [0.3, 0.4) is 0 Å². The van der Waals surface area contributed by atoms with Gasteiger partial charge in [-0.1, -0.05) is 108 Å². The van der Waals surface area contributed by atoms with Crippen LogP contribution in [0.1, 0.15) is 184 Å². The van der Waals surface area contributed by atoms with E-state index in [1.807, 2.05) is 115 Å². The fourth-order valence-corrected chi connectivity index (χ4v) is 14.1. The van der Waals surface area contributed by atoms with Gasteiger partial charge in [0.25, 0.3) is 0 Å². The molecule has 0 fully saturated rings. The Morgan fingerprint density at radius 2 is 0.677 bits per heavy atom. The van der Waals surface area contributed by atoms with Crippen molar-refractivity contribution in [1.82, 2.24) is 15.0 Å². The van der Waals surface area contributed by atoms with Gasteiger partial charge in [0.15, 0.2) is 138 Å². The second-order valence-electron chi connectivity index (χ2n) is 33.1. The molecule has 41 heteroatoms. The van der Waals surface area contributed by atoms with Gasteiger partial charge in [-0.15, -0.1) is 0 Å². The summed E-state index contributed by atoms with van der Waals surface area (Å²) in [5, 5.41) is 118. The molecule has 11 rings (SSSR count). The first kappa shape index (κ1) is 108. The number of phenolic OH excluding ortho intramolecular Hbond substituents is 7. The number of aromatic nitrogens is 3. The molecule has 5 unspecified atom stereocenters. The van der Waals surface area contributed by atoms with Crippen molar-refractivity contribution in [3.8, 4) is 51.7 Å². The zero-order valence-electron chi connectivity index (χ0n) is 77.6. The van der Waals surface area contributed by atoms with E-state index >= 15 is 0 Å². The van der Waals surface area contributed by atoms with Gasteiger partial charge in [-0.25, -0.2) is 38.9 Å². The third kappa shape index (κ3) is 28.8. The number of benzene rings is 8. The first-order chi connectivity index (χ1) is 62.2. The highest BCUT2D eigenvalue weighted by molar-refractivity contribution is 6.74. The molecule has 8 aromatic carbocycles. The van der Waals surface area contributed by atoms with Crippen LogP contribution in [0.25, 0.3) is 33.3 Å². The summed E-state index contributed by atoms with van der Waals surface area (Å²) in [5.74, 6) is -5.69. The van der Waals surface area contributed by atoms with Crippen LogP contribution in [-0.4, -0.2) is 161 Å². The number of hydrogen-bond acceptors (Lipinski definition) is 36. The molecule has 11 aromatic rings. The van der Waals surface area contributed by atoms with Crippen LogP contribution >= 0.6 is 0 Å². The Balaban J connectivity index is 0.000000250. The molecule has 0 amide bonds. The summed E-state index contributed by atoms with van der Waals surface area (Å²) in [6, 6.07) is 37.3. The summed E-state index contributed by atoms with van der Waals surface area (Å²) in [4.78, 5) is 103. The molecular formula is C92H114N6O33Si2. The van der Waals surface area contributed by atoms with Gasteiger partial charge in [-0.3, -0.25) is 30.3 Å². The van der Waals surface area contributed by atoms with Crippen LogP contribution in [0.15, 0.2) is 153 Å². The van der Waals surface area contributed by atoms with Gasteiger partial charge in [0, 0.05) is 48.6 Å². The number of rotatable bonds is 29. The topological polar surface area (TPSA) is 567 Å². The molecule has 0 aliphatic rings. The largest absolute Gasteiger partial charge is 0.505 e. The summed E-state index contributed by atoms with van der Waals surface area (Å²) < 4.78 is 72.0. The summed E-state index contributed by atoms with van der Waals surface area (Å²) in [5.41, 5.74) is 2.52. The third-order valence-electron chi connectivity index (χ3n) is 20.2. The van der Waals surface area contributed by atoms with Crippen LogP contribution in [-0.2, 0) is 74.5 Å². The molecule has 0 aliphatic carbocycles. The smallest absolute Gasteiger partial charge is 0.352 e. The van der Waals surface area contributed by atoms with Crippen molar-refractivity contribution in [2.24, 2.45) is 0 Å². The number of aliphatic hydroxyl groups excluding tert-OH is 2. The molecule has 0 aliphatic heterocycles. The van der Waals surface area contributed by atoms with Gasteiger partial charge in [0.1, 0.15) is 13.2 Å². The van der Waals surface area contributed by atoms with Crippen molar-refractivity contribution in [2.45, 2.75) is 203 Å². The second kappa shape index (κ2) is 47.3. The summed E-state index contributed by atoms with van der Waals surface area (Å²) in [6.45, 7) is 40.7. The number of para-hydroxylation sites is 1. The van der Waals surface area contributed by atoms with Crippen molar-refractivity contribution in [3.05, 3.63) is 226 Å². The van der Waals surface area contributed by atoms with Gasteiger partial charge < -0.3 is 106 Å². The lowest BCUT2D eigenvalue weighted by molar-refractivity contribution is -0.387. The Labute approximate surface area is 767 Å². The lowest BCUT2D eigenvalue weighted by Gasteiger charge is -2.38. The van der Waals surface area contributed by atoms with E-state index < -0.39 is 154 Å². The standard InChI is InChI=1S/C23H27NO5.C19H19NO5.C18H27NO5Si.C16H25NO7Si.C10H11NO7.C6H5NO4/c1-6-26-22(25)21(29-23(3,4)5)17-12-13-18-19(24-15(2)28-18)20(17)27-14-16-10-8-7-9-11-16;1-3-23-19(22)17(21)14-9-10-15-16(20-12(2)25-15)18(14)24-11-13-7-5-4-6-8-13;1-8-22-17(21)16(24-25(6,7)18(3,4)5)12-9-10-13-14(15(12)20)19-11(2)23-13;1-7-23-15(20)14(24-25(5,6)16(2,3)4)10-8-9-11(18)12(13(10)19)17(21)22;1-2-18-10(15)9(14)5-3-4-6(12)7(8(5)13)11(16)17;8-4-2-1-3-5(9)6(4)7(10)11/h7-13,21H,6,14H2,1-5H3;4-10,17,21H,3,11H2,1-2H3;9-10,16,20H,8H2,1-7H3;8-9,14,18-19H,7H2,1-6H3;3-4,9,12-14H,2H2,1H3;1-3,8-9H. The minimum atomic E-state index is -2.47. The molecular weight excluding hydrogens is 1770 g/mol. The number of nitro benzene ring substituents is 3. The Bertz CT molecular complexity index is 5840. The Morgan fingerprint density at radius 1 is 0.376 bits per heavy atom. The number of carbonyl (C=O) groups excluding carboxylic acids is 5. The predicted octanol–water partition coefficient (Wildman–Crippen LogP) is 18.2. The Morgan fingerprint density at radius 3 is 1.04 bits per heavy atom. The maximum atomic E-state index is 12.7. The van der Waals surface area contributed by atoms with Gasteiger partial charge in [-0.2, -0.15) is 0 Å². The maximum absolute atomic E-state index is 12.7. The lowest BCUT2D eigenvalue weighted by atomic mass is 10.1. The van der Waals surface area contributed by atoms with Gasteiger partial charge in [0.05, 0.1) is 53.4 Å². The summed E-state index contributed by atoms with van der Waals surface area (Å²) in [6.07, 6.45) is -6.57. The van der Waals surface area contributed by atoms with E-state index in [2.05, 4.69) is 53.6 Å². The van der Waals surface area contributed by atoms with E-state index in [9.17, 15) is 90.1 Å². The van der Waals surface area contributed by atoms with Crippen molar-refractivity contribution >= 4 is 96.8 Å². The number of nitrogens with zero attached hydrogens (tertiary/aromatic N) is 6. The second-order valence-corrected chi connectivity index (χ2v) is 42.6. The minimum absolute atomic E-state index is 0.0107. The Kier molecular flexibility index (Phi) is 38.4. The molecule has 0 saturated carbocycles. The van der Waals surface area contributed by atoms with Crippen molar-refractivity contribution in [2.75, 3.05) is 33.0 Å². The van der Waals surface area contributed by atoms with Crippen LogP contribution in [0.4, 0.5) is 17.1 Å². The summed E-state index contributed by atoms with van der Waals surface area (Å²) in [7, 11) is -4.75. The van der Waals surface area contributed by atoms with E-state index in [4.69, 9.17) is 65.5 Å². The Hall–Kier alpha value is -13.8. The molecule has 5 atom stereocenters. The number of carbonyl (C=O) groups is 5. The number of aryl methyl sites for hydroxylation is 3. The molecule has 718 valence electrons. The number of phenols is 7. The number of oxazole rings is 3. The quantitative estimate of drug-likeness (QED) is 0.00691. The van der Waals surface area contributed by atoms with Crippen LogP contribution in [0, 0.1) is 51.1 Å². The molecule has 9 N–H and O–H groups in total. The fourth-order valence-electron chi connectivity index (χ4n) is 11.7. The van der Waals surface area contributed by atoms with E-state index in [-0.39, 0.29) is 61.0 Å². The van der Waals surface area contributed by atoms with Gasteiger partial charge >= 0.3 is 46.9 Å². The minimum Gasteiger partial charge on any atom is -0.505 e. The predicted molar refractivity (Wildman–Crippen MR) is 487 cm³/mol. The van der Waals surface area contributed by atoms with Gasteiger partial charge in [-0.05, 0) is 176 Å². The number of nitro groups is 3. The van der Waals surface area contributed by atoms with E-state index in [0.717, 1.165) is 41.5 Å². The first-order valence-corrected chi connectivity index (χ1v) is 47.5. The number of hydrogen-bond donors (Lipinski definition) is 9. The van der Waals surface area contributed by atoms with Crippen LogP contribution < -0.4 is 9.47 Å². The molecule has 0 spiro atoms. The van der Waals surface area contributed by atoms with Crippen molar-refractivity contribution < 1.29 is 145 Å². The normalized spacial score (nSPS) is 12.6. The highest BCUT2D eigenvalue weighted by Crippen LogP contribution is 2.48. The van der Waals surface area contributed by atoms with Gasteiger partial charge in [0.2, 0.25) is 11.5 Å². The van der Waals surface area contributed by atoms with Crippen molar-refractivity contribution in [3.63, 3.8) is 0 Å². The van der Waals surface area contributed by atoms with E-state index in [1.54, 1.807) is 84.9 Å². The first-order valence-electron chi connectivity index (χ1n) is 41.7. The molecule has 0 bridgehead atoms. The molecule has 0 radical (unpaired) electrons. The maximum Gasteiger partial charge on any atom is 0.352 e. The zero-order chi connectivity index (χ0) is 99.7. The highest BCUT2D eigenvalue weighted by atomic mass is 28.4. The third-order valence-corrected chi connectivity index (χ3v) is 29.0. The molecule has 39 nitrogen and oxygen atoms in total. The van der Waals surface area contributed by atoms with E-state index in [0.29, 0.717) is 85.8 Å². The van der Waals surface area contributed by atoms with E-state index in [1.165, 1.54) is 19.1 Å². The number of ether oxygens (including phenoxy) is 8. The lowest BCUT2D eigenvalue weighted by Crippen LogP contribution is -2.43. The molecule has 0 saturated heterocycles. The SMILES string of the molecule is CCOC(=O)C(O)c1ccc(O)c([N+](=O)[O-])c1O.CCOC(=O)C(O)c1ccc2oc(C)nc2c1OCc1ccccc1.CCOC(=O)C(OC(C)(C)C)c1ccc2oc(C)nc2c1OCc1ccccc1.CCOC(=O)C(O[Si](C)(C)C(C)(C)C)c1ccc(O)c([N+](=O)[O-])c1O.CCOC(=O)C(O[Si](C)(C)C(C)(C)C)c1ccc2oc(C)nc2c1O.O=[N+]([O-])c1c(O)cccc1O. The number of esters is 5. The monoisotopic (exact) mass is 1890 g/mol. The van der Waals surface area contributed by atoms with Crippen molar-refractivity contribution in [1.29, 1.82) is 0 Å². The average molecular weight is 1890 g/mol. The van der Waals surface area contributed by atoms with Crippen LogP contribution in [0.5, 0.6) is 51.7 Å². The molecule has 3 aromatic heterocycles. The highest BCUT2D eigenvalue weighted by Gasteiger charge is 2.46. The number of aliphatic hydroxyl groups is 2. The number of fused-ring (bicyclic) bond motifs is 3. The fraction of sp³-hybridized carbons (Fsp3) is 0.391. The molecule has 133 heavy (non-hydrogen) atoms. The zero-order valence-corrected chi connectivity index (χ0v) is 79.6. The summed E-state index contributed by atoms with van der Waals surface area (Å²) >= 11 is 0. The van der Waals surface area contributed by atoms with Crippen LogP contribution in [0.2, 0.25) is 36.3 Å². The number of aromatic hydroxyl groups is 7. The average Bonchev–Trinajstić information content (AvgIpc) is 1.28. The molecule has 3 heterocycles.